The van der Waals surface area contributed by atoms with E-state index in [0.29, 0.717) is 0 Å². The number of rotatable bonds is 2. The summed E-state index contributed by atoms with van der Waals surface area (Å²) in [5.41, 5.74) is 2.37. The quantitative estimate of drug-likeness (QED) is 0.707. The Hall–Kier alpha value is -1.03. The number of aliphatic hydroxyl groups is 1. The molecule has 0 bridgehead atoms. The van der Waals surface area contributed by atoms with Crippen molar-refractivity contribution >= 4 is 5.69 Å². The summed E-state index contributed by atoms with van der Waals surface area (Å²) in [5.74, 6) is 0. The Morgan fingerprint density at radius 3 is 3.23 bits per heavy atom. The van der Waals surface area contributed by atoms with E-state index >= 15 is 0 Å². The van der Waals surface area contributed by atoms with Crippen LogP contribution in [0.25, 0.3) is 0 Å². The van der Waals surface area contributed by atoms with Gasteiger partial charge in [-0.25, -0.2) is 0 Å². The van der Waals surface area contributed by atoms with Gasteiger partial charge in [0, 0.05) is 26.3 Å². The fourth-order valence-electron chi connectivity index (χ4n) is 1.87. The van der Waals surface area contributed by atoms with Gasteiger partial charge in [0.25, 0.3) is 0 Å². The number of aryl methyl sites for hydroxylation is 2. The maximum absolute atomic E-state index is 8.88. The zero-order valence-electron chi connectivity index (χ0n) is 7.90. The Labute approximate surface area is 77.8 Å². The zero-order chi connectivity index (χ0) is 9.26. The van der Waals surface area contributed by atoms with Crippen molar-refractivity contribution in [2.75, 3.05) is 24.6 Å². The average Bonchev–Trinajstić information content (AvgIpc) is 2.47. The van der Waals surface area contributed by atoms with Crippen LogP contribution in [0, 0.1) is 0 Å². The fourth-order valence-corrected chi connectivity index (χ4v) is 1.87. The lowest BCUT2D eigenvalue weighted by Gasteiger charge is -2.26. The summed E-state index contributed by atoms with van der Waals surface area (Å²) < 4.78 is 1.85. The summed E-state index contributed by atoms with van der Waals surface area (Å²) in [4.78, 5) is 2.20. The van der Waals surface area contributed by atoms with Crippen molar-refractivity contribution in [1.82, 2.24) is 9.78 Å². The Kier molecular flexibility index (Phi) is 2.22. The van der Waals surface area contributed by atoms with E-state index in [0.717, 1.165) is 25.9 Å². The van der Waals surface area contributed by atoms with Crippen LogP contribution >= 0.6 is 0 Å². The third-order valence-corrected chi connectivity index (χ3v) is 2.44. The summed E-state index contributed by atoms with van der Waals surface area (Å²) in [6, 6.07) is 0. The molecule has 0 saturated carbocycles. The minimum atomic E-state index is 0.217. The van der Waals surface area contributed by atoms with Crippen LogP contribution in [0.3, 0.4) is 0 Å². The summed E-state index contributed by atoms with van der Waals surface area (Å²) >= 11 is 0. The Balaban J connectivity index is 2.25. The molecule has 0 unspecified atom stereocenters. The maximum Gasteiger partial charge on any atom is 0.0858 e. The molecule has 1 aliphatic rings. The molecule has 1 aromatic rings. The van der Waals surface area contributed by atoms with Crippen molar-refractivity contribution in [2.45, 2.75) is 12.8 Å². The van der Waals surface area contributed by atoms with E-state index in [4.69, 9.17) is 5.11 Å². The van der Waals surface area contributed by atoms with Gasteiger partial charge in [-0.1, -0.05) is 0 Å². The number of fused-ring (bicyclic) bond motifs is 1. The number of hydrogen-bond donors (Lipinski definition) is 1. The molecule has 72 valence electrons. The average molecular weight is 181 g/mol. The van der Waals surface area contributed by atoms with Crippen molar-refractivity contribution in [1.29, 1.82) is 0 Å². The van der Waals surface area contributed by atoms with Crippen LogP contribution in [0.4, 0.5) is 5.69 Å². The van der Waals surface area contributed by atoms with Gasteiger partial charge in [0.2, 0.25) is 0 Å². The van der Waals surface area contributed by atoms with Crippen molar-refractivity contribution in [3.8, 4) is 0 Å². The van der Waals surface area contributed by atoms with E-state index in [2.05, 4.69) is 10.00 Å². The largest absolute Gasteiger partial charge is 0.395 e. The molecule has 1 aliphatic heterocycles. The molecule has 1 aromatic heterocycles. The van der Waals surface area contributed by atoms with E-state index in [1.165, 1.54) is 11.4 Å². The molecule has 13 heavy (non-hydrogen) atoms. The summed E-state index contributed by atoms with van der Waals surface area (Å²) in [5, 5.41) is 13.3. The van der Waals surface area contributed by atoms with Crippen LogP contribution in [0.2, 0.25) is 0 Å². The van der Waals surface area contributed by atoms with Gasteiger partial charge < -0.3 is 10.0 Å². The van der Waals surface area contributed by atoms with Crippen LogP contribution in [0.5, 0.6) is 0 Å². The standard InChI is InChI=1S/C9H15N3O/c1-11-7-9-8(10-11)3-2-4-12(9)5-6-13/h7,13H,2-6H2,1H3. The summed E-state index contributed by atoms with van der Waals surface area (Å²) in [7, 11) is 1.94. The van der Waals surface area contributed by atoms with Crippen LogP contribution in [-0.2, 0) is 13.5 Å². The lowest BCUT2D eigenvalue weighted by molar-refractivity contribution is 0.301. The molecule has 0 fully saturated rings. The maximum atomic E-state index is 8.88. The summed E-state index contributed by atoms with van der Waals surface area (Å²) in [6.45, 7) is 1.98. The highest BCUT2D eigenvalue weighted by molar-refractivity contribution is 5.51. The van der Waals surface area contributed by atoms with E-state index in [1.54, 1.807) is 0 Å². The molecule has 0 amide bonds. The van der Waals surface area contributed by atoms with Gasteiger partial charge in [0.05, 0.1) is 18.0 Å². The molecule has 0 atom stereocenters. The van der Waals surface area contributed by atoms with Crippen LogP contribution in [-0.4, -0.2) is 34.6 Å². The van der Waals surface area contributed by atoms with Gasteiger partial charge in [-0.05, 0) is 12.8 Å². The molecule has 0 aliphatic carbocycles. The number of nitrogens with zero attached hydrogens (tertiary/aromatic N) is 3. The first kappa shape index (κ1) is 8.56. The molecule has 4 heteroatoms. The second kappa shape index (κ2) is 3.38. The zero-order valence-corrected chi connectivity index (χ0v) is 7.90. The lowest BCUT2D eigenvalue weighted by atomic mass is 10.1. The molecule has 0 saturated heterocycles. The smallest absolute Gasteiger partial charge is 0.0858 e. The fraction of sp³-hybridized carbons (Fsp3) is 0.667. The monoisotopic (exact) mass is 181 g/mol. The Bertz CT molecular complexity index is 295. The molecular formula is C9H15N3O. The predicted molar refractivity (Wildman–Crippen MR) is 50.8 cm³/mol. The van der Waals surface area contributed by atoms with Gasteiger partial charge in [-0.2, -0.15) is 5.10 Å². The third-order valence-electron chi connectivity index (χ3n) is 2.44. The van der Waals surface area contributed by atoms with Crippen LogP contribution in [0.15, 0.2) is 6.20 Å². The molecule has 2 rings (SSSR count). The molecule has 0 spiro atoms. The molecule has 0 radical (unpaired) electrons. The van der Waals surface area contributed by atoms with Crippen molar-refractivity contribution in [3.63, 3.8) is 0 Å². The van der Waals surface area contributed by atoms with Crippen molar-refractivity contribution < 1.29 is 5.11 Å². The topological polar surface area (TPSA) is 41.3 Å². The van der Waals surface area contributed by atoms with Gasteiger partial charge in [0.1, 0.15) is 0 Å². The van der Waals surface area contributed by atoms with Crippen LogP contribution in [0.1, 0.15) is 12.1 Å². The van der Waals surface area contributed by atoms with Crippen molar-refractivity contribution in [2.24, 2.45) is 7.05 Å². The minimum absolute atomic E-state index is 0.217. The van der Waals surface area contributed by atoms with Gasteiger partial charge in [-0.3, -0.25) is 4.68 Å². The number of aromatic nitrogens is 2. The number of hydrogen-bond acceptors (Lipinski definition) is 3. The predicted octanol–water partition coefficient (Wildman–Crippen LogP) is 0.165. The molecule has 0 aromatic carbocycles. The Morgan fingerprint density at radius 1 is 1.62 bits per heavy atom. The lowest BCUT2D eigenvalue weighted by Crippen LogP contribution is -2.31. The number of β-amino-alcohol motifs (C(OH)–C–C–N with tert-alkyl or cyclic N) is 1. The highest BCUT2D eigenvalue weighted by atomic mass is 16.3. The molecule has 2 heterocycles. The first-order valence-corrected chi connectivity index (χ1v) is 4.69. The summed E-state index contributed by atoms with van der Waals surface area (Å²) in [6.07, 6.45) is 4.24. The normalized spacial score (nSPS) is 16.0. The second-order valence-corrected chi connectivity index (χ2v) is 3.45. The third kappa shape index (κ3) is 1.54. The van der Waals surface area contributed by atoms with E-state index in [1.807, 2.05) is 17.9 Å². The van der Waals surface area contributed by atoms with E-state index < -0.39 is 0 Å². The van der Waals surface area contributed by atoms with Gasteiger partial charge >= 0.3 is 0 Å². The van der Waals surface area contributed by atoms with Crippen molar-refractivity contribution in [3.05, 3.63) is 11.9 Å². The van der Waals surface area contributed by atoms with Gasteiger partial charge in [0.15, 0.2) is 0 Å². The molecule has 4 nitrogen and oxygen atoms in total. The minimum Gasteiger partial charge on any atom is -0.395 e. The first-order valence-electron chi connectivity index (χ1n) is 4.69. The molecular weight excluding hydrogens is 166 g/mol. The second-order valence-electron chi connectivity index (χ2n) is 3.45. The highest BCUT2D eigenvalue weighted by Crippen LogP contribution is 2.24. The highest BCUT2D eigenvalue weighted by Gasteiger charge is 2.18. The molecule has 1 N–H and O–H groups in total. The Morgan fingerprint density at radius 2 is 2.46 bits per heavy atom. The number of aliphatic hydroxyl groups excluding tert-OH is 1. The van der Waals surface area contributed by atoms with E-state index in [9.17, 15) is 0 Å². The number of anilines is 1. The van der Waals surface area contributed by atoms with Gasteiger partial charge in [-0.15, -0.1) is 0 Å². The SMILES string of the molecule is Cn1cc2c(n1)CCCN2CCO. The van der Waals surface area contributed by atoms with Crippen LogP contribution < -0.4 is 4.90 Å². The first-order chi connectivity index (χ1) is 6.31. The van der Waals surface area contributed by atoms with E-state index in [-0.39, 0.29) is 6.61 Å².